The molecule has 7 nitrogen and oxygen atoms in total. The van der Waals surface area contributed by atoms with Gasteiger partial charge in [-0.15, -0.1) is 0 Å². The number of likely N-dealkylation sites (N-methyl/N-ethyl adjacent to an activating group) is 1. The Kier molecular flexibility index (Phi) is 4.95. The first-order chi connectivity index (χ1) is 10.4. The van der Waals surface area contributed by atoms with E-state index in [4.69, 9.17) is 0 Å². The third-order valence-corrected chi connectivity index (χ3v) is 4.41. The first-order valence-corrected chi connectivity index (χ1v) is 7.49. The third-order valence-electron chi connectivity index (χ3n) is 4.41. The van der Waals surface area contributed by atoms with Crippen molar-refractivity contribution >= 4 is 11.6 Å². The number of hydrogen-bond donors (Lipinski definition) is 0. The summed E-state index contributed by atoms with van der Waals surface area (Å²) in [5.41, 5.74) is -0.605. The van der Waals surface area contributed by atoms with E-state index in [1.165, 1.54) is 0 Å². The van der Waals surface area contributed by atoms with Gasteiger partial charge >= 0.3 is 0 Å². The predicted molar refractivity (Wildman–Crippen MR) is 81.5 cm³/mol. The topological polar surface area (TPSA) is 85.4 Å². The van der Waals surface area contributed by atoms with Gasteiger partial charge in [-0.25, -0.2) is 0 Å². The molecule has 1 fully saturated rings. The van der Waals surface area contributed by atoms with Crippen molar-refractivity contribution in [2.45, 2.75) is 45.2 Å². The van der Waals surface area contributed by atoms with Crippen molar-refractivity contribution in [3.63, 3.8) is 0 Å². The first-order valence-electron chi connectivity index (χ1n) is 7.49. The summed E-state index contributed by atoms with van der Waals surface area (Å²) >= 11 is 0. The van der Waals surface area contributed by atoms with Crippen LogP contribution in [0.2, 0.25) is 0 Å². The van der Waals surface area contributed by atoms with E-state index in [2.05, 4.69) is 6.92 Å². The average Bonchev–Trinajstić information content (AvgIpc) is 2.49. The molecule has 22 heavy (non-hydrogen) atoms. The molecule has 0 bridgehead atoms. The molecule has 0 aromatic carbocycles. The van der Waals surface area contributed by atoms with Gasteiger partial charge in [-0.2, -0.15) is 0 Å². The van der Waals surface area contributed by atoms with Crippen LogP contribution in [0.15, 0.2) is 23.1 Å². The van der Waals surface area contributed by atoms with Crippen molar-refractivity contribution in [1.82, 2.24) is 9.47 Å². The lowest BCUT2D eigenvalue weighted by Crippen LogP contribution is -2.42. The Hall–Kier alpha value is -2.18. The largest absolute Gasteiger partial charge is 0.341 e. The van der Waals surface area contributed by atoms with E-state index >= 15 is 0 Å². The fourth-order valence-corrected chi connectivity index (χ4v) is 2.84. The van der Waals surface area contributed by atoms with Gasteiger partial charge in [0.2, 0.25) is 5.91 Å². The second-order valence-corrected chi connectivity index (χ2v) is 6.03. The van der Waals surface area contributed by atoms with Crippen molar-refractivity contribution in [3.05, 3.63) is 38.8 Å². The molecule has 1 aromatic heterocycles. The summed E-state index contributed by atoms with van der Waals surface area (Å²) < 4.78 is 1.10. The van der Waals surface area contributed by atoms with E-state index in [-0.39, 0.29) is 24.2 Å². The minimum Gasteiger partial charge on any atom is -0.341 e. The molecule has 1 saturated carbocycles. The van der Waals surface area contributed by atoms with Crippen LogP contribution in [-0.4, -0.2) is 33.4 Å². The molecule has 120 valence electrons. The Morgan fingerprint density at radius 1 is 1.36 bits per heavy atom. The van der Waals surface area contributed by atoms with Gasteiger partial charge in [-0.3, -0.25) is 24.3 Å². The van der Waals surface area contributed by atoms with E-state index in [1.54, 1.807) is 11.9 Å². The zero-order valence-electron chi connectivity index (χ0n) is 12.9. The summed E-state index contributed by atoms with van der Waals surface area (Å²) in [5, 5.41) is 10.8. The molecule has 1 heterocycles. The second kappa shape index (κ2) is 6.72. The van der Waals surface area contributed by atoms with E-state index in [0.29, 0.717) is 5.92 Å². The van der Waals surface area contributed by atoms with Gasteiger partial charge < -0.3 is 4.90 Å². The van der Waals surface area contributed by atoms with Crippen LogP contribution in [-0.2, 0) is 11.3 Å². The second-order valence-electron chi connectivity index (χ2n) is 6.03. The van der Waals surface area contributed by atoms with E-state index < -0.39 is 10.5 Å². The zero-order valence-corrected chi connectivity index (χ0v) is 12.9. The monoisotopic (exact) mass is 307 g/mol. The summed E-state index contributed by atoms with van der Waals surface area (Å²) in [4.78, 5) is 35.9. The highest BCUT2D eigenvalue weighted by atomic mass is 16.6. The Bertz CT molecular complexity index is 617. The van der Waals surface area contributed by atoms with Crippen LogP contribution in [0.4, 0.5) is 5.69 Å². The Morgan fingerprint density at radius 3 is 2.59 bits per heavy atom. The number of hydrogen-bond acceptors (Lipinski definition) is 4. The minimum absolute atomic E-state index is 0.164. The first kappa shape index (κ1) is 16.2. The van der Waals surface area contributed by atoms with Crippen molar-refractivity contribution in [2.24, 2.45) is 5.92 Å². The van der Waals surface area contributed by atoms with Crippen LogP contribution in [0.25, 0.3) is 0 Å². The number of pyridine rings is 1. The van der Waals surface area contributed by atoms with Gasteiger partial charge in [0, 0.05) is 25.2 Å². The summed E-state index contributed by atoms with van der Waals surface area (Å²) in [6.45, 7) is 2.05. The van der Waals surface area contributed by atoms with Crippen LogP contribution in [0, 0.1) is 16.0 Å². The van der Waals surface area contributed by atoms with Crippen LogP contribution in [0.5, 0.6) is 0 Å². The molecule has 0 N–H and O–H groups in total. The lowest BCUT2D eigenvalue weighted by Gasteiger charge is -2.33. The highest BCUT2D eigenvalue weighted by molar-refractivity contribution is 5.76. The zero-order chi connectivity index (χ0) is 16.3. The number of nitrogens with zero attached hydrogens (tertiary/aromatic N) is 3. The molecule has 7 heteroatoms. The minimum atomic E-state index is -0.577. The molecule has 1 aliphatic rings. The molecule has 2 rings (SSSR count). The fourth-order valence-electron chi connectivity index (χ4n) is 2.84. The standard InChI is InChI=1S/C15H21N3O4/c1-11-3-5-12(6-4-11)16(2)15(20)10-17-9-13(18(21)22)7-8-14(17)19/h7-9,11-12H,3-6,10H2,1-2H3. The lowest BCUT2D eigenvalue weighted by molar-refractivity contribution is -0.385. The van der Waals surface area contributed by atoms with Crippen LogP contribution >= 0.6 is 0 Å². The summed E-state index contributed by atoms with van der Waals surface area (Å²) in [7, 11) is 1.74. The van der Waals surface area contributed by atoms with Crippen molar-refractivity contribution in [1.29, 1.82) is 0 Å². The summed E-state index contributed by atoms with van der Waals surface area (Å²) in [5.74, 6) is 0.501. The molecule has 1 aromatic rings. The van der Waals surface area contributed by atoms with Gasteiger partial charge in [0.05, 0.1) is 11.1 Å². The molecular formula is C15H21N3O4. The molecule has 0 atom stereocenters. The average molecular weight is 307 g/mol. The highest BCUT2D eigenvalue weighted by Crippen LogP contribution is 2.26. The van der Waals surface area contributed by atoms with Crippen molar-refractivity contribution < 1.29 is 9.72 Å². The van der Waals surface area contributed by atoms with Crippen LogP contribution in [0.1, 0.15) is 32.6 Å². The Morgan fingerprint density at radius 2 is 2.00 bits per heavy atom. The maximum atomic E-state index is 12.3. The van der Waals surface area contributed by atoms with Crippen molar-refractivity contribution in [3.8, 4) is 0 Å². The van der Waals surface area contributed by atoms with Gasteiger partial charge in [-0.05, 0) is 31.6 Å². The van der Waals surface area contributed by atoms with Gasteiger partial charge in [0.15, 0.2) is 0 Å². The lowest BCUT2D eigenvalue weighted by atomic mass is 9.87. The summed E-state index contributed by atoms with van der Waals surface area (Å²) in [6.07, 6.45) is 5.25. The maximum Gasteiger partial charge on any atom is 0.285 e. The number of nitro groups is 1. The molecule has 1 amide bonds. The SMILES string of the molecule is CC1CCC(N(C)C(=O)Cn2cc([N+](=O)[O-])ccc2=O)CC1. The number of rotatable bonds is 4. The number of carbonyl (C=O) groups excluding carboxylic acids is 1. The Labute approximate surface area is 128 Å². The fraction of sp³-hybridized carbons (Fsp3) is 0.600. The number of aromatic nitrogens is 1. The molecule has 0 unspecified atom stereocenters. The molecule has 0 spiro atoms. The Balaban J connectivity index is 2.06. The number of carbonyl (C=O) groups is 1. The molecular weight excluding hydrogens is 286 g/mol. The molecule has 1 aliphatic carbocycles. The molecule has 0 aliphatic heterocycles. The number of amides is 1. The smallest absolute Gasteiger partial charge is 0.285 e. The van der Waals surface area contributed by atoms with Crippen molar-refractivity contribution in [2.75, 3.05) is 7.05 Å². The normalized spacial score (nSPS) is 21.4. The van der Waals surface area contributed by atoms with E-state index in [9.17, 15) is 19.7 Å². The maximum absolute atomic E-state index is 12.3. The third kappa shape index (κ3) is 3.72. The van der Waals surface area contributed by atoms with Gasteiger partial charge in [0.25, 0.3) is 11.2 Å². The van der Waals surface area contributed by atoms with Gasteiger partial charge in [0.1, 0.15) is 6.54 Å². The van der Waals surface area contributed by atoms with E-state index in [0.717, 1.165) is 48.6 Å². The predicted octanol–water partition coefficient (Wildman–Crippen LogP) is 1.79. The summed E-state index contributed by atoms with van der Waals surface area (Å²) in [6, 6.07) is 2.46. The quantitative estimate of drug-likeness (QED) is 0.627. The molecule has 0 saturated heterocycles. The van der Waals surface area contributed by atoms with Gasteiger partial charge in [-0.1, -0.05) is 6.92 Å². The van der Waals surface area contributed by atoms with Crippen LogP contribution < -0.4 is 5.56 Å². The highest BCUT2D eigenvalue weighted by Gasteiger charge is 2.25. The van der Waals surface area contributed by atoms with Crippen LogP contribution in [0.3, 0.4) is 0 Å². The molecule has 0 radical (unpaired) electrons. The van der Waals surface area contributed by atoms with E-state index in [1.807, 2.05) is 0 Å².